The second-order valence-corrected chi connectivity index (χ2v) is 9.88. The predicted octanol–water partition coefficient (Wildman–Crippen LogP) is 2.86. The first-order valence-electron chi connectivity index (χ1n) is 9.61. The second-order valence-electron chi connectivity index (χ2n) is 7.35. The Hall–Kier alpha value is -2.47. The van der Waals surface area contributed by atoms with Gasteiger partial charge in [0.25, 0.3) is 0 Å². The smallest absolute Gasteiger partial charge is 0.404 e. The molecule has 0 saturated carbocycles. The molecule has 0 spiro atoms. The molecule has 1 amide bonds. The minimum atomic E-state index is -3.69. The fourth-order valence-corrected chi connectivity index (χ4v) is 4.60. The predicted molar refractivity (Wildman–Crippen MR) is 118 cm³/mol. The van der Waals surface area contributed by atoms with E-state index in [1.54, 1.807) is 19.1 Å². The van der Waals surface area contributed by atoms with Crippen LogP contribution >= 0.6 is 11.6 Å². The Morgan fingerprint density at radius 1 is 1.41 bits per heavy atom. The van der Waals surface area contributed by atoms with Crippen LogP contribution in [0.2, 0.25) is 5.02 Å². The van der Waals surface area contributed by atoms with E-state index in [4.69, 9.17) is 16.7 Å². The Balaban J connectivity index is 2.35. The summed E-state index contributed by atoms with van der Waals surface area (Å²) in [4.78, 5) is 10.5. The van der Waals surface area contributed by atoms with Crippen molar-refractivity contribution in [3.8, 4) is 0 Å². The number of aliphatic hydroxyl groups excluding tert-OH is 1. The minimum absolute atomic E-state index is 0.0155. The molecule has 1 aromatic carbocycles. The normalized spacial score (nSPS) is 13.4. The van der Waals surface area contributed by atoms with Gasteiger partial charge in [-0.15, -0.1) is 0 Å². The van der Waals surface area contributed by atoms with E-state index in [0.29, 0.717) is 28.9 Å². The van der Waals surface area contributed by atoms with Crippen LogP contribution in [0.4, 0.5) is 9.18 Å². The van der Waals surface area contributed by atoms with Crippen molar-refractivity contribution >= 4 is 27.7 Å². The molecule has 0 fully saturated rings. The van der Waals surface area contributed by atoms with Gasteiger partial charge in [-0.05, 0) is 37.6 Å². The number of carbonyl (C=O) groups is 1. The number of aryl methyl sites for hydroxylation is 1. The second kappa shape index (κ2) is 10.4. The molecule has 0 aliphatic rings. The fraction of sp³-hybridized carbons (Fsp3) is 0.400. The lowest BCUT2D eigenvalue weighted by atomic mass is 10.0. The zero-order valence-corrected chi connectivity index (χ0v) is 19.7. The molecule has 1 heterocycles. The lowest BCUT2D eigenvalue weighted by Gasteiger charge is -2.14. The van der Waals surface area contributed by atoms with Gasteiger partial charge in [-0.3, -0.25) is 4.68 Å². The Kier molecular flexibility index (Phi) is 8.41. The van der Waals surface area contributed by atoms with E-state index in [0.717, 1.165) is 10.4 Å². The van der Waals surface area contributed by atoms with Crippen LogP contribution < -0.4 is 5.32 Å². The molecule has 0 unspecified atom stereocenters. The van der Waals surface area contributed by atoms with Gasteiger partial charge in [0.05, 0.1) is 29.1 Å². The summed E-state index contributed by atoms with van der Waals surface area (Å²) in [6.07, 6.45) is -0.848. The summed E-state index contributed by atoms with van der Waals surface area (Å²) in [5, 5.41) is 25.3. The van der Waals surface area contributed by atoms with Crippen LogP contribution in [0, 0.1) is 6.92 Å². The molecular formula is C20H26ClFN4O5S. The molecule has 2 aromatic rings. The number of aliphatic hydroxyl groups is 1. The molecule has 0 aliphatic carbocycles. The van der Waals surface area contributed by atoms with Gasteiger partial charge in [0.15, 0.2) is 0 Å². The lowest BCUT2D eigenvalue weighted by Crippen LogP contribution is -2.22. The van der Waals surface area contributed by atoms with Crippen molar-refractivity contribution in [2.45, 2.75) is 37.8 Å². The molecule has 0 saturated heterocycles. The number of allylic oxidation sites excluding steroid dienone is 1. The van der Waals surface area contributed by atoms with Crippen LogP contribution in [0.3, 0.4) is 0 Å². The van der Waals surface area contributed by atoms with Gasteiger partial charge >= 0.3 is 6.09 Å². The first-order valence-corrected chi connectivity index (χ1v) is 11.4. The summed E-state index contributed by atoms with van der Waals surface area (Å²) in [7, 11) is -0.866. The Bertz CT molecular complexity index is 1130. The maximum absolute atomic E-state index is 14.2. The highest BCUT2D eigenvalue weighted by atomic mass is 35.5. The highest BCUT2D eigenvalue weighted by Gasteiger charge is 2.23. The highest BCUT2D eigenvalue weighted by Crippen LogP contribution is 2.29. The van der Waals surface area contributed by atoms with Gasteiger partial charge in [-0.1, -0.05) is 17.7 Å². The quantitative estimate of drug-likeness (QED) is 0.498. The number of sulfonamides is 1. The maximum atomic E-state index is 14.2. The van der Waals surface area contributed by atoms with Gasteiger partial charge in [0, 0.05) is 32.6 Å². The van der Waals surface area contributed by atoms with E-state index in [1.165, 1.54) is 31.8 Å². The fourth-order valence-electron chi connectivity index (χ4n) is 3.16. The summed E-state index contributed by atoms with van der Waals surface area (Å²) >= 11 is 6.23. The number of nitrogens with one attached hydrogen (secondary N) is 1. The number of amides is 1. The Morgan fingerprint density at radius 3 is 2.59 bits per heavy atom. The van der Waals surface area contributed by atoms with E-state index in [1.807, 2.05) is 5.32 Å². The summed E-state index contributed by atoms with van der Waals surface area (Å²) < 4.78 is 41.3. The van der Waals surface area contributed by atoms with Crippen molar-refractivity contribution in [2.24, 2.45) is 0 Å². The number of hydrogen-bond acceptors (Lipinski definition) is 5. The van der Waals surface area contributed by atoms with Gasteiger partial charge in [0.2, 0.25) is 10.0 Å². The van der Waals surface area contributed by atoms with Gasteiger partial charge in [-0.2, -0.15) is 5.10 Å². The largest absolute Gasteiger partial charge is 0.465 e. The summed E-state index contributed by atoms with van der Waals surface area (Å²) in [6, 6.07) is 4.59. The number of nitrogens with zero attached hydrogens (tertiary/aromatic N) is 3. The maximum Gasteiger partial charge on any atom is 0.404 e. The first kappa shape index (κ1) is 25.8. The van der Waals surface area contributed by atoms with Crippen molar-refractivity contribution in [3.63, 3.8) is 0 Å². The standard InChI is InChI=1S/C20H26ClFN4O5S/c1-12-16(9-14-5-6-18(17(21)10-14)32(30,31)25(3)4)19(13(2)27)26(24-12)11-15(22)7-8-23-20(28)29/h5-7,10,13,23,27H,8-9,11H2,1-4H3,(H,28,29)/b15-7-/t13-/m1/s1. The molecule has 32 heavy (non-hydrogen) atoms. The van der Waals surface area contributed by atoms with Crippen molar-refractivity contribution in [2.75, 3.05) is 20.6 Å². The molecule has 0 aliphatic heterocycles. The Morgan fingerprint density at radius 2 is 2.06 bits per heavy atom. The highest BCUT2D eigenvalue weighted by molar-refractivity contribution is 7.89. The summed E-state index contributed by atoms with van der Waals surface area (Å²) in [5.74, 6) is -0.615. The third-order valence-corrected chi connectivity index (χ3v) is 7.00. The van der Waals surface area contributed by atoms with Crippen molar-refractivity contribution in [1.29, 1.82) is 0 Å². The summed E-state index contributed by atoms with van der Waals surface area (Å²) in [5.41, 5.74) is 2.33. The minimum Gasteiger partial charge on any atom is -0.465 e. The average molecular weight is 489 g/mol. The van der Waals surface area contributed by atoms with Gasteiger partial charge in [-0.25, -0.2) is 21.9 Å². The van der Waals surface area contributed by atoms with Crippen molar-refractivity contribution < 1.29 is 27.8 Å². The van der Waals surface area contributed by atoms with Crippen LogP contribution in [-0.2, 0) is 23.0 Å². The van der Waals surface area contributed by atoms with E-state index < -0.39 is 28.0 Å². The van der Waals surface area contributed by atoms with Crippen molar-refractivity contribution in [3.05, 3.63) is 57.6 Å². The van der Waals surface area contributed by atoms with Gasteiger partial charge < -0.3 is 15.5 Å². The number of halogens is 2. The number of rotatable bonds is 9. The van der Waals surface area contributed by atoms with Crippen molar-refractivity contribution in [1.82, 2.24) is 19.4 Å². The zero-order chi connectivity index (χ0) is 24.2. The molecule has 9 nitrogen and oxygen atoms in total. The van der Waals surface area contributed by atoms with Crippen LogP contribution in [0.25, 0.3) is 0 Å². The van der Waals surface area contributed by atoms with E-state index in [-0.39, 0.29) is 23.0 Å². The SMILES string of the molecule is Cc1nn(C/C(F)=C/CNC(=O)O)c([C@@H](C)O)c1Cc1ccc(S(=O)(=O)N(C)C)c(Cl)c1. The molecule has 1 aromatic heterocycles. The monoisotopic (exact) mass is 488 g/mol. The van der Waals surface area contributed by atoms with Crippen LogP contribution in [-0.4, -0.2) is 59.4 Å². The molecular weight excluding hydrogens is 463 g/mol. The molecule has 176 valence electrons. The summed E-state index contributed by atoms with van der Waals surface area (Å²) in [6.45, 7) is 2.78. The van der Waals surface area contributed by atoms with Crippen LogP contribution in [0.1, 0.15) is 35.5 Å². The number of hydrogen-bond donors (Lipinski definition) is 3. The van der Waals surface area contributed by atoms with E-state index in [9.17, 15) is 22.7 Å². The van der Waals surface area contributed by atoms with Gasteiger partial charge in [0.1, 0.15) is 10.7 Å². The first-order chi connectivity index (χ1) is 14.8. The van der Waals surface area contributed by atoms with E-state index in [2.05, 4.69) is 5.10 Å². The third-order valence-electron chi connectivity index (χ3n) is 4.70. The van der Waals surface area contributed by atoms with Crippen LogP contribution in [0.5, 0.6) is 0 Å². The third kappa shape index (κ3) is 6.06. The molecule has 0 bridgehead atoms. The Labute approximate surface area is 191 Å². The molecule has 0 radical (unpaired) electrons. The molecule has 12 heteroatoms. The topological polar surface area (TPSA) is 125 Å². The molecule has 2 rings (SSSR count). The number of carboxylic acid groups (broad SMARTS) is 1. The number of benzene rings is 1. The molecule has 1 atom stereocenters. The number of aromatic nitrogens is 2. The average Bonchev–Trinajstić information content (AvgIpc) is 2.96. The molecule has 3 N–H and O–H groups in total. The zero-order valence-electron chi connectivity index (χ0n) is 18.1. The lowest BCUT2D eigenvalue weighted by molar-refractivity contribution is 0.186. The van der Waals surface area contributed by atoms with E-state index >= 15 is 0 Å². The van der Waals surface area contributed by atoms with Crippen LogP contribution in [0.15, 0.2) is 35.0 Å².